The van der Waals surface area contributed by atoms with Crippen LogP contribution in [0, 0.1) is 0 Å². The molecule has 24 heavy (non-hydrogen) atoms. The molecule has 0 aliphatic rings. The van der Waals surface area contributed by atoms with Gasteiger partial charge in [0.05, 0.1) is 24.1 Å². The van der Waals surface area contributed by atoms with Crippen LogP contribution in [0.2, 0.25) is 0 Å². The Morgan fingerprint density at radius 3 is 2.75 bits per heavy atom. The van der Waals surface area contributed by atoms with Gasteiger partial charge in [-0.05, 0) is 42.5 Å². The lowest BCUT2D eigenvalue weighted by Crippen LogP contribution is -2.25. The summed E-state index contributed by atoms with van der Waals surface area (Å²) >= 11 is 3.36. The highest BCUT2D eigenvalue weighted by Crippen LogP contribution is 2.23. The molecule has 0 saturated heterocycles. The van der Waals surface area contributed by atoms with E-state index in [4.69, 9.17) is 0 Å². The van der Waals surface area contributed by atoms with Crippen LogP contribution in [0.4, 0.5) is 0 Å². The minimum absolute atomic E-state index is 0.131. The molecule has 1 heterocycles. The lowest BCUT2D eigenvalue weighted by Gasteiger charge is -2.09. The average molecular weight is 387 g/mol. The van der Waals surface area contributed by atoms with Crippen LogP contribution in [0.3, 0.4) is 0 Å². The molecule has 3 rings (SSSR count). The van der Waals surface area contributed by atoms with E-state index >= 15 is 0 Å². The molecule has 0 aliphatic carbocycles. The van der Waals surface area contributed by atoms with Crippen molar-refractivity contribution in [1.29, 1.82) is 0 Å². The molecule has 2 N–H and O–H groups in total. The molecule has 3 aromatic rings. The van der Waals surface area contributed by atoms with Crippen molar-refractivity contribution in [3.63, 3.8) is 0 Å². The summed E-state index contributed by atoms with van der Waals surface area (Å²) in [4.78, 5) is 17.1. The van der Waals surface area contributed by atoms with Gasteiger partial charge >= 0.3 is 0 Å². The third-order valence-corrected chi connectivity index (χ3v) is 4.11. The molecule has 0 unspecified atom stereocenters. The first-order chi connectivity index (χ1) is 11.6. The normalized spacial score (nSPS) is 11.4. The Kier molecular flexibility index (Phi) is 4.78. The maximum atomic E-state index is 12.6. The first-order valence-corrected chi connectivity index (χ1v) is 8.16. The highest BCUT2D eigenvalue weighted by atomic mass is 79.9. The minimum Gasteiger partial charge on any atom is -0.507 e. The number of halogens is 1. The summed E-state index contributed by atoms with van der Waals surface area (Å²) in [7, 11) is 0. The van der Waals surface area contributed by atoms with Crippen molar-refractivity contribution in [2.45, 2.75) is 6.54 Å². The van der Waals surface area contributed by atoms with Crippen molar-refractivity contribution >= 4 is 39.0 Å². The lowest BCUT2D eigenvalue weighted by molar-refractivity contribution is 0.273. The Labute approximate surface area is 146 Å². The number of fused-ring (bicyclic) bond motifs is 1. The van der Waals surface area contributed by atoms with Gasteiger partial charge in [0.2, 0.25) is 0 Å². The topological polar surface area (TPSA) is 75.3 Å². The number of aromatic hydroxyl groups is 1. The third kappa shape index (κ3) is 3.25. The molecular weight excluding hydrogens is 372 g/mol. The zero-order valence-electron chi connectivity index (χ0n) is 12.7. The molecule has 0 spiro atoms. The van der Waals surface area contributed by atoms with Crippen LogP contribution in [0.1, 0.15) is 11.4 Å². The Bertz CT molecular complexity index is 980. The number of rotatable bonds is 4. The molecule has 0 aliphatic heterocycles. The predicted octanol–water partition coefficient (Wildman–Crippen LogP) is 3.03. The van der Waals surface area contributed by atoms with Gasteiger partial charge in [0, 0.05) is 10.0 Å². The first kappa shape index (κ1) is 16.4. The van der Waals surface area contributed by atoms with Gasteiger partial charge < -0.3 is 10.2 Å². The van der Waals surface area contributed by atoms with Crippen LogP contribution in [-0.2, 0) is 6.54 Å². The smallest absolute Gasteiger partial charge is 0.261 e. The highest BCUT2D eigenvalue weighted by molar-refractivity contribution is 9.10. The van der Waals surface area contributed by atoms with Crippen LogP contribution < -0.4 is 5.56 Å². The number of benzene rings is 2. The fourth-order valence-electron chi connectivity index (χ4n) is 2.45. The van der Waals surface area contributed by atoms with Crippen molar-refractivity contribution in [2.24, 2.45) is 0 Å². The predicted molar refractivity (Wildman–Crippen MR) is 97.8 cm³/mol. The van der Waals surface area contributed by atoms with E-state index in [0.717, 1.165) is 4.47 Å². The van der Waals surface area contributed by atoms with Crippen molar-refractivity contribution in [1.82, 2.24) is 9.55 Å². The van der Waals surface area contributed by atoms with Crippen molar-refractivity contribution in [2.75, 3.05) is 6.61 Å². The maximum Gasteiger partial charge on any atom is 0.261 e. The summed E-state index contributed by atoms with van der Waals surface area (Å²) in [5.41, 5.74) is 0.991. The SMILES string of the molecule is O=c1c2ccccc2nc(/C=C/c2cc(Br)ccc2O)n1CCO. The van der Waals surface area contributed by atoms with E-state index in [1.54, 1.807) is 48.6 Å². The van der Waals surface area contributed by atoms with Gasteiger partial charge in [-0.25, -0.2) is 4.98 Å². The number of phenolic OH excluding ortho intramolecular Hbond substituents is 1. The van der Waals surface area contributed by atoms with E-state index in [0.29, 0.717) is 22.3 Å². The standard InChI is InChI=1S/C18H15BrN2O3/c19-13-6-7-16(23)12(11-13)5-8-17-20-15-4-2-1-3-14(15)18(24)21(17)9-10-22/h1-8,11,22-23H,9-10H2/b8-5+. The second kappa shape index (κ2) is 6.98. The summed E-state index contributed by atoms with van der Waals surface area (Å²) in [5, 5.41) is 19.7. The molecular formula is C18H15BrN2O3. The van der Waals surface area contributed by atoms with Gasteiger partial charge in [0.25, 0.3) is 5.56 Å². The molecule has 0 saturated carbocycles. The van der Waals surface area contributed by atoms with E-state index in [9.17, 15) is 15.0 Å². The number of hydrogen-bond acceptors (Lipinski definition) is 4. The third-order valence-electron chi connectivity index (χ3n) is 3.62. The Hall–Kier alpha value is -2.44. The second-order valence-electron chi connectivity index (χ2n) is 5.20. The summed E-state index contributed by atoms with van der Waals surface area (Å²) < 4.78 is 2.26. The molecule has 0 radical (unpaired) electrons. The van der Waals surface area contributed by atoms with Crippen LogP contribution >= 0.6 is 15.9 Å². The quantitative estimate of drug-likeness (QED) is 0.722. The Morgan fingerprint density at radius 1 is 1.17 bits per heavy atom. The molecule has 6 heteroatoms. The van der Waals surface area contributed by atoms with Crippen molar-refractivity contribution < 1.29 is 10.2 Å². The van der Waals surface area contributed by atoms with Crippen LogP contribution in [0.25, 0.3) is 23.1 Å². The summed E-state index contributed by atoms with van der Waals surface area (Å²) in [6.07, 6.45) is 3.34. The molecule has 1 aromatic heterocycles. The summed E-state index contributed by atoms with van der Waals surface area (Å²) in [5.74, 6) is 0.554. The zero-order chi connectivity index (χ0) is 17.1. The number of para-hydroxylation sites is 1. The van der Waals surface area contributed by atoms with Crippen LogP contribution in [-0.4, -0.2) is 26.4 Å². The summed E-state index contributed by atoms with van der Waals surface area (Å²) in [6.45, 7) is -0.0102. The maximum absolute atomic E-state index is 12.6. The van der Waals surface area contributed by atoms with Gasteiger partial charge in [-0.1, -0.05) is 28.1 Å². The molecule has 0 fully saturated rings. The van der Waals surface area contributed by atoms with Crippen LogP contribution in [0.5, 0.6) is 5.75 Å². The van der Waals surface area contributed by atoms with Gasteiger partial charge in [-0.3, -0.25) is 9.36 Å². The first-order valence-electron chi connectivity index (χ1n) is 7.37. The van der Waals surface area contributed by atoms with E-state index in [1.165, 1.54) is 4.57 Å². The van der Waals surface area contributed by atoms with Gasteiger partial charge in [0.1, 0.15) is 11.6 Å². The second-order valence-corrected chi connectivity index (χ2v) is 6.12. The number of phenols is 1. The number of aliphatic hydroxyl groups excluding tert-OH is 1. The minimum atomic E-state index is -0.201. The lowest BCUT2D eigenvalue weighted by atomic mass is 10.2. The number of nitrogens with zero attached hydrogens (tertiary/aromatic N) is 2. The van der Waals surface area contributed by atoms with Crippen molar-refractivity contribution in [3.8, 4) is 5.75 Å². The molecule has 0 bridgehead atoms. The molecule has 2 aromatic carbocycles. The van der Waals surface area contributed by atoms with Crippen molar-refractivity contribution in [3.05, 3.63) is 68.7 Å². The van der Waals surface area contributed by atoms with E-state index in [2.05, 4.69) is 20.9 Å². The van der Waals surface area contributed by atoms with E-state index in [1.807, 2.05) is 6.07 Å². The Balaban J connectivity index is 2.14. The largest absolute Gasteiger partial charge is 0.507 e. The molecule has 5 nitrogen and oxygen atoms in total. The highest BCUT2D eigenvalue weighted by Gasteiger charge is 2.08. The Morgan fingerprint density at radius 2 is 1.96 bits per heavy atom. The van der Waals surface area contributed by atoms with Gasteiger partial charge in [-0.2, -0.15) is 0 Å². The molecule has 0 amide bonds. The van der Waals surface area contributed by atoms with Crippen LogP contribution in [0.15, 0.2) is 51.7 Å². The zero-order valence-corrected chi connectivity index (χ0v) is 14.3. The van der Waals surface area contributed by atoms with Gasteiger partial charge in [0.15, 0.2) is 0 Å². The fraction of sp³-hybridized carbons (Fsp3) is 0.111. The fourth-order valence-corrected chi connectivity index (χ4v) is 2.83. The monoisotopic (exact) mass is 386 g/mol. The molecule has 122 valence electrons. The number of aromatic nitrogens is 2. The number of hydrogen-bond donors (Lipinski definition) is 2. The summed E-state index contributed by atoms with van der Waals surface area (Å²) in [6, 6.07) is 12.2. The number of aliphatic hydroxyl groups is 1. The average Bonchev–Trinajstić information content (AvgIpc) is 2.58. The van der Waals surface area contributed by atoms with Gasteiger partial charge in [-0.15, -0.1) is 0 Å². The van der Waals surface area contributed by atoms with E-state index < -0.39 is 0 Å². The molecule has 0 atom stereocenters. The van der Waals surface area contributed by atoms with E-state index in [-0.39, 0.29) is 24.5 Å².